The van der Waals surface area contributed by atoms with E-state index in [1.807, 2.05) is 0 Å². The number of rotatable bonds is 4. The van der Waals surface area contributed by atoms with E-state index in [4.69, 9.17) is 0 Å². The van der Waals surface area contributed by atoms with Crippen molar-refractivity contribution in [2.75, 3.05) is 6.54 Å². The summed E-state index contributed by atoms with van der Waals surface area (Å²) in [5.74, 6) is 1.77. The molecule has 1 nitrogen and oxygen atoms in total. The predicted octanol–water partition coefficient (Wildman–Crippen LogP) is 3.69. The zero-order valence-electron chi connectivity index (χ0n) is 9.45. The fourth-order valence-corrected chi connectivity index (χ4v) is 3.11. The quantitative estimate of drug-likeness (QED) is 0.886. The second kappa shape index (κ2) is 4.50. The van der Waals surface area contributed by atoms with Crippen LogP contribution in [-0.4, -0.2) is 12.6 Å². The normalized spacial score (nSPS) is 28.8. The molecule has 0 radical (unpaired) electrons. The highest BCUT2D eigenvalue weighted by Gasteiger charge is 2.32. The van der Waals surface area contributed by atoms with Gasteiger partial charge in [0.15, 0.2) is 0 Å². The van der Waals surface area contributed by atoms with Crippen LogP contribution in [0.15, 0.2) is 28.7 Å². The lowest BCUT2D eigenvalue weighted by atomic mass is 9.76. The fraction of sp³-hybridized carbons (Fsp3) is 0.571. The molecular weight excluding hydrogens is 262 g/mol. The van der Waals surface area contributed by atoms with E-state index in [2.05, 4.69) is 45.5 Å². The lowest BCUT2D eigenvalue weighted by Gasteiger charge is -2.37. The molecule has 2 aliphatic carbocycles. The molecule has 0 heterocycles. The maximum Gasteiger partial charge on any atom is 0.0210 e. The van der Waals surface area contributed by atoms with Gasteiger partial charge >= 0.3 is 0 Å². The smallest absolute Gasteiger partial charge is 0.0210 e. The van der Waals surface area contributed by atoms with Crippen molar-refractivity contribution in [1.82, 2.24) is 5.32 Å². The summed E-state index contributed by atoms with van der Waals surface area (Å²) in [6.45, 7) is 1.26. The van der Waals surface area contributed by atoms with Crippen molar-refractivity contribution in [3.63, 3.8) is 0 Å². The van der Waals surface area contributed by atoms with Crippen LogP contribution in [-0.2, 0) is 0 Å². The summed E-state index contributed by atoms with van der Waals surface area (Å²) < 4.78 is 1.28. The predicted molar refractivity (Wildman–Crippen MR) is 70.6 cm³/mol. The molecule has 2 heteroatoms. The van der Waals surface area contributed by atoms with Gasteiger partial charge in [-0.25, -0.2) is 0 Å². The molecule has 86 valence electrons. The SMILES string of the molecule is Brc1ccccc1C1CC(NCC2CC2)C1. The van der Waals surface area contributed by atoms with Gasteiger partial charge in [0.05, 0.1) is 0 Å². The number of benzene rings is 1. The zero-order valence-corrected chi connectivity index (χ0v) is 11.0. The molecule has 2 saturated carbocycles. The molecule has 16 heavy (non-hydrogen) atoms. The molecule has 3 rings (SSSR count). The van der Waals surface area contributed by atoms with E-state index in [0.717, 1.165) is 17.9 Å². The maximum absolute atomic E-state index is 3.68. The Hall–Kier alpha value is -0.340. The first-order chi connectivity index (χ1) is 7.83. The van der Waals surface area contributed by atoms with E-state index < -0.39 is 0 Å². The third kappa shape index (κ3) is 2.33. The largest absolute Gasteiger partial charge is 0.314 e. The Morgan fingerprint density at radius 3 is 2.62 bits per heavy atom. The molecule has 2 aliphatic rings. The zero-order chi connectivity index (χ0) is 11.0. The molecule has 1 aromatic carbocycles. The summed E-state index contributed by atoms with van der Waals surface area (Å²) >= 11 is 3.64. The lowest BCUT2D eigenvalue weighted by Crippen LogP contribution is -2.41. The first kappa shape index (κ1) is 10.8. The van der Waals surface area contributed by atoms with Gasteiger partial charge in [-0.3, -0.25) is 0 Å². The van der Waals surface area contributed by atoms with E-state index in [-0.39, 0.29) is 0 Å². The molecule has 0 bridgehead atoms. The second-order valence-electron chi connectivity index (χ2n) is 5.24. The number of nitrogens with one attached hydrogen (secondary N) is 1. The number of hydrogen-bond acceptors (Lipinski definition) is 1. The van der Waals surface area contributed by atoms with Crippen molar-refractivity contribution >= 4 is 15.9 Å². The van der Waals surface area contributed by atoms with Crippen molar-refractivity contribution < 1.29 is 0 Å². The second-order valence-corrected chi connectivity index (χ2v) is 6.09. The minimum Gasteiger partial charge on any atom is -0.314 e. The Labute approximate surface area is 106 Å². The van der Waals surface area contributed by atoms with Gasteiger partial charge in [-0.15, -0.1) is 0 Å². The molecule has 0 atom stereocenters. The Morgan fingerprint density at radius 2 is 1.94 bits per heavy atom. The fourth-order valence-electron chi connectivity index (χ4n) is 2.50. The molecule has 0 amide bonds. The van der Waals surface area contributed by atoms with E-state index in [1.165, 1.54) is 42.3 Å². The van der Waals surface area contributed by atoms with Gasteiger partial charge in [0.2, 0.25) is 0 Å². The molecule has 0 aromatic heterocycles. The minimum atomic E-state index is 0.771. The minimum absolute atomic E-state index is 0.771. The van der Waals surface area contributed by atoms with E-state index in [0.29, 0.717) is 0 Å². The van der Waals surface area contributed by atoms with Crippen molar-refractivity contribution in [2.45, 2.75) is 37.6 Å². The van der Waals surface area contributed by atoms with Gasteiger partial charge in [-0.2, -0.15) is 0 Å². The van der Waals surface area contributed by atoms with Crippen molar-refractivity contribution in [1.29, 1.82) is 0 Å². The van der Waals surface area contributed by atoms with Crippen LogP contribution in [0.3, 0.4) is 0 Å². The molecular formula is C14H18BrN. The van der Waals surface area contributed by atoms with Crippen LogP contribution in [0.1, 0.15) is 37.2 Å². The van der Waals surface area contributed by atoms with Crippen molar-refractivity contribution in [3.8, 4) is 0 Å². The van der Waals surface area contributed by atoms with Gasteiger partial charge in [0.25, 0.3) is 0 Å². The standard InChI is InChI=1S/C14H18BrN/c15-14-4-2-1-3-13(14)11-7-12(8-11)16-9-10-5-6-10/h1-4,10-12,16H,5-9H2. The molecule has 1 N–H and O–H groups in total. The lowest BCUT2D eigenvalue weighted by molar-refractivity contribution is 0.288. The summed E-state index contributed by atoms with van der Waals surface area (Å²) in [5, 5.41) is 3.68. The first-order valence-electron chi connectivity index (χ1n) is 6.30. The van der Waals surface area contributed by atoms with Crippen molar-refractivity contribution in [3.05, 3.63) is 34.3 Å². The van der Waals surface area contributed by atoms with Crippen LogP contribution in [0.2, 0.25) is 0 Å². The molecule has 0 aliphatic heterocycles. The van der Waals surface area contributed by atoms with Gasteiger partial charge in [-0.05, 0) is 55.7 Å². The summed E-state index contributed by atoms with van der Waals surface area (Å²) in [6.07, 6.45) is 5.53. The van der Waals surface area contributed by atoms with Gasteiger partial charge in [0.1, 0.15) is 0 Å². The Kier molecular flexibility index (Phi) is 3.03. The van der Waals surface area contributed by atoms with Gasteiger partial charge in [0, 0.05) is 10.5 Å². The molecule has 0 spiro atoms. The van der Waals surface area contributed by atoms with Crippen LogP contribution in [0.25, 0.3) is 0 Å². The Bertz CT molecular complexity index is 367. The van der Waals surface area contributed by atoms with Crippen molar-refractivity contribution in [2.24, 2.45) is 5.92 Å². The monoisotopic (exact) mass is 279 g/mol. The average Bonchev–Trinajstić information content (AvgIpc) is 3.02. The Balaban J connectivity index is 1.50. The van der Waals surface area contributed by atoms with Crippen LogP contribution >= 0.6 is 15.9 Å². The summed E-state index contributed by atoms with van der Waals surface area (Å²) in [6, 6.07) is 9.42. The molecule has 0 unspecified atom stereocenters. The van der Waals surface area contributed by atoms with E-state index in [1.54, 1.807) is 0 Å². The van der Waals surface area contributed by atoms with Crippen LogP contribution < -0.4 is 5.32 Å². The summed E-state index contributed by atoms with van der Waals surface area (Å²) in [7, 11) is 0. The number of halogens is 1. The number of hydrogen-bond donors (Lipinski definition) is 1. The Morgan fingerprint density at radius 1 is 1.19 bits per heavy atom. The first-order valence-corrected chi connectivity index (χ1v) is 7.10. The van der Waals surface area contributed by atoms with Crippen LogP contribution in [0, 0.1) is 5.92 Å². The average molecular weight is 280 g/mol. The maximum atomic E-state index is 3.68. The van der Waals surface area contributed by atoms with Gasteiger partial charge < -0.3 is 5.32 Å². The summed E-state index contributed by atoms with van der Waals surface area (Å²) in [5.41, 5.74) is 1.49. The van der Waals surface area contributed by atoms with E-state index >= 15 is 0 Å². The van der Waals surface area contributed by atoms with Crippen LogP contribution in [0.4, 0.5) is 0 Å². The molecule has 2 fully saturated rings. The highest BCUT2D eigenvalue weighted by molar-refractivity contribution is 9.10. The highest BCUT2D eigenvalue weighted by Crippen LogP contribution is 2.40. The van der Waals surface area contributed by atoms with Crippen LogP contribution in [0.5, 0.6) is 0 Å². The topological polar surface area (TPSA) is 12.0 Å². The molecule has 0 saturated heterocycles. The van der Waals surface area contributed by atoms with Gasteiger partial charge in [-0.1, -0.05) is 34.1 Å². The summed E-state index contributed by atoms with van der Waals surface area (Å²) in [4.78, 5) is 0. The third-order valence-corrected chi connectivity index (χ3v) is 4.60. The highest BCUT2D eigenvalue weighted by atomic mass is 79.9. The molecule has 1 aromatic rings. The third-order valence-electron chi connectivity index (χ3n) is 3.88. The van der Waals surface area contributed by atoms with E-state index in [9.17, 15) is 0 Å².